The average Bonchev–Trinajstić information content (AvgIpc) is 2.53. The molecule has 0 radical (unpaired) electrons. The summed E-state index contributed by atoms with van der Waals surface area (Å²) in [5.41, 5.74) is 9.04. The minimum absolute atomic E-state index is 0.142. The van der Waals surface area contributed by atoms with Crippen LogP contribution in [0.25, 0.3) is 5.53 Å². The number of carbonyl (C=O) groups excluding carboxylic acids is 1. The number of rotatable bonds is 6. The van der Waals surface area contributed by atoms with E-state index in [2.05, 4.69) is 9.77 Å². The Morgan fingerprint density at radius 1 is 1.24 bits per heavy atom. The van der Waals surface area contributed by atoms with Crippen LogP contribution in [0.5, 0.6) is 0 Å². The molecule has 0 aliphatic rings. The van der Waals surface area contributed by atoms with Gasteiger partial charge in [0, 0.05) is 11.1 Å². The summed E-state index contributed by atoms with van der Waals surface area (Å²) >= 11 is 0. The molecule has 0 spiro atoms. The lowest BCUT2D eigenvalue weighted by Gasteiger charge is -2.03. The first kappa shape index (κ1) is 15.3. The van der Waals surface area contributed by atoms with Gasteiger partial charge in [-0.3, -0.25) is 0 Å². The second-order valence-electron chi connectivity index (χ2n) is 3.83. The van der Waals surface area contributed by atoms with Crippen molar-refractivity contribution >= 4 is 33.8 Å². The predicted octanol–water partition coefficient (Wildman–Crippen LogP) is 3.22. The highest BCUT2D eigenvalue weighted by Gasteiger charge is 2.04. The lowest BCUT2D eigenvalue weighted by molar-refractivity contribution is -0.140. The smallest absolute Gasteiger partial charge is 0.413 e. The number of aromatic nitrogens is 1. The van der Waals surface area contributed by atoms with Crippen LogP contribution < -0.4 is 0 Å². The molecule has 0 saturated carbocycles. The zero-order valence-electron chi connectivity index (χ0n) is 10.9. The molecule has 21 heavy (non-hydrogen) atoms. The molecule has 0 fully saturated rings. The molecular weight excluding hydrogens is 306 g/mol. The third-order valence-corrected chi connectivity index (χ3v) is 4.63. The number of hydrogen-bond donors (Lipinski definition) is 0. The van der Waals surface area contributed by atoms with E-state index in [0.29, 0.717) is 6.21 Å². The minimum Gasteiger partial charge on any atom is -0.452 e. The van der Waals surface area contributed by atoms with Gasteiger partial charge in [-0.15, -0.1) is 0 Å². The molecule has 7 heteroatoms. The van der Waals surface area contributed by atoms with Crippen LogP contribution in [0.1, 0.15) is 5.56 Å². The van der Waals surface area contributed by atoms with Gasteiger partial charge in [-0.05, 0) is 40.6 Å². The van der Waals surface area contributed by atoms with E-state index in [-0.39, 0.29) is 6.61 Å². The van der Waals surface area contributed by atoms with Crippen LogP contribution in [0.2, 0.25) is 0 Å². The molecular formula is C14H11N3O2S2. The van der Waals surface area contributed by atoms with Crippen molar-refractivity contribution in [2.45, 2.75) is 16.5 Å². The molecule has 2 rings (SSSR count). The van der Waals surface area contributed by atoms with Crippen molar-refractivity contribution in [3.8, 4) is 0 Å². The van der Waals surface area contributed by atoms with Crippen LogP contribution in [-0.4, -0.2) is 22.0 Å². The second-order valence-corrected chi connectivity index (χ2v) is 6.05. The van der Waals surface area contributed by atoms with E-state index >= 15 is 0 Å². The number of hydrogen-bond acceptors (Lipinski definition) is 5. The molecule has 0 aliphatic carbocycles. The molecule has 106 valence electrons. The van der Waals surface area contributed by atoms with Gasteiger partial charge in [0.15, 0.2) is 0 Å². The van der Waals surface area contributed by atoms with E-state index in [1.165, 1.54) is 0 Å². The fraction of sp³-hybridized carbons (Fsp3) is 0.0714. The van der Waals surface area contributed by atoms with Crippen molar-refractivity contribution in [3.63, 3.8) is 0 Å². The first-order valence-electron chi connectivity index (χ1n) is 5.96. The molecule has 2 aromatic rings. The average molecular weight is 317 g/mol. The van der Waals surface area contributed by atoms with Crippen molar-refractivity contribution in [2.75, 3.05) is 0 Å². The highest BCUT2D eigenvalue weighted by atomic mass is 33.1. The Morgan fingerprint density at radius 3 is 2.71 bits per heavy atom. The van der Waals surface area contributed by atoms with E-state index in [1.54, 1.807) is 27.8 Å². The van der Waals surface area contributed by atoms with Crippen LogP contribution >= 0.6 is 21.6 Å². The highest BCUT2D eigenvalue weighted by molar-refractivity contribution is 8.76. The molecule has 5 nitrogen and oxygen atoms in total. The van der Waals surface area contributed by atoms with Crippen molar-refractivity contribution in [3.05, 3.63) is 59.8 Å². The number of benzene rings is 1. The van der Waals surface area contributed by atoms with E-state index in [1.807, 2.05) is 42.5 Å². The third kappa shape index (κ3) is 5.43. The summed E-state index contributed by atoms with van der Waals surface area (Å²) in [6, 6.07) is 13.4. The number of ether oxygens (including phenoxy) is 1. The topological polar surface area (TPSA) is 75.6 Å². The molecule has 0 bridgehead atoms. The summed E-state index contributed by atoms with van der Waals surface area (Å²) < 4.78 is 4.87. The van der Waals surface area contributed by atoms with Crippen molar-refractivity contribution in [1.82, 2.24) is 4.98 Å². The van der Waals surface area contributed by atoms with Crippen molar-refractivity contribution in [2.24, 2.45) is 0 Å². The number of esters is 1. The van der Waals surface area contributed by atoms with Gasteiger partial charge in [-0.2, -0.15) is 4.79 Å². The van der Waals surface area contributed by atoms with Crippen LogP contribution in [0.15, 0.2) is 58.6 Å². The SMILES string of the molecule is [N-]=[N+]=CC(=O)OCc1ccc(SSc2ccccn2)cc1. The molecule has 1 heterocycles. The van der Waals surface area contributed by atoms with Crippen LogP contribution in [0.3, 0.4) is 0 Å². The normalized spacial score (nSPS) is 9.71. The number of carbonyl (C=O) groups is 1. The lowest BCUT2D eigenvalue weighted by atomic mass is 10.2. The first-order chi connectivity index (χ1) is 10.3. The molecule has 0 atom stereocenters. The molecule has 0 amide bonds. The molecule has 0 aliphatic heterocycles. The standard InChI is InChI=1S/C14H11N3O2S2/c15-17-9-14(18)19-10-11-4-6-12(7-5-11)20-21-13-3-1-2-8-16-13/h1-9H,10H2. The summed E-state index contributed by atoms with van der Waals surface area (Å²) in [7, 11) is 3.19. The lowest BCUT2D eigenvalue weighted by Crippen LogP contribution is -2.05. The fourth-order valence-electron chi connectivity index (χ4n) is 1.37. The Morgan fingerprint density at radius 2 is 2.05 bits per heavy atom. The summed E-state index contributed by atoms with van der Waals surface area (Å²) in [6.45, 7) is 0.142. The second kappa shape index (κ2) is 8.26. The van der Waals surface area contributed by atoms with Gasteiger partial charge in [-0.25, -0.2) is 9.78 Å². The van der Waals surface area contributed by atoms with Gasteiger partial charge in [0.2, 0.25) is 0 Å². The maximum atomic E-state index is 11.0. The summed E-state index contributed by atoms with van der Waals surface area (Å²) in [4.78, 5) is 18.9. The third-order valence-electron chi connectivity index (χ3n) is 2.33. The summed E-state index contributed by atoms with van der Waals surface area (Å²) in [5, 5.41) is 0.948. The van der Waals surface area contributed by atoms with Crippen molar-refractivity contribution in [1.29, 1.82) is 0 Å². The first-order valence-corrected chi connectivity index (χ1v) is 8.11. The maximum absolute atomic E-state index is 11.0. The zero-order chi connectivity index (χ0) is 14.9. The Balaban J connectivity index is 1.84. The minimum atomic E-state index is -0.679. The van der Waals surface area contributed by atoms with Crippen LogP contribution in [0.4, 0.5) is 0 Å². The van der Waals surface area contributed by atoms with Gasteiger partial charge in [0.25, 0.3) is 0 Å². The van der Waals surface area contributed by atoms with Gasteiger partial charge < -0.3 is 10.3 Å². The molecule has 1 aromatic carbocycles. The molecule has 0 saturated heterocycles. The quantitative estimate of drug-likeness (QED) is 0.269. The maximum Gasteiger partial charge on any atom is 0.413 e. The highest BCUT2D eigenvalue weighted by Crippen LogP contribution is 2.35. The van der Waals surface area contributed by atoms with Gasteiger partial charge >= 0.3 is 12.2 Å². The number of nitrogens with zero attached hydrogens (tertiary/aromatic N) is 3. The Kier molecular flexibility index (Phi) is 6.02. The monoisotopic (exact) mass is 317 g/mol. The van der Waals surface area contributed by atoms with Gasteiger partial charge in [0.05, 0.1) is 0 Å². The Hall–Kier alpha value is -2.08. The van der Waals surface area contributed by atoms with Gasteiger partial charge in [0.1, 0.15) is 11.6 Å². The number of pyridine rings is 1. The molecule has 1 aromatic heterocycles. The largest absolute Gasteiger partial charge is 0.452 e. The van der Waals surface area contributed by atoms with E-state index in [9.17, 15) is 4.79 Å². The molecule has 0 unspecified atom stereocenters. The van der Waals surface area contributed by atoms with Crippen molar-refractivity contribution < 1.29 is 14.3 Å². The van der Waals surface area contributed by atoms with Crippen LogP contribution in [0, 0.1) is 0 Å². The predicted molar refractivity (Wildman–Crippen MR) is 81.9 cm³/mol. The van der Waals surface area contributed by atoms with Gasteiger partial charge in [-0.1, -0.05) is 29.0 Å². The Labute approximate surface area is 129 Å². The fourth-order valence-corrected chi connectivity index (χ4v) is 3.21. The zero-order valence-corrected chi connectivity index (χ0v) is 12.5. The summed E-state index contributed by atoms with van der Waals surface area (Å²) in [6.07, 6.45) is 2.48. The molecule has 0 N–H and O–H groups in total. The Bertz CT molecular complexity index is 641. The summed E-state index contributed by atoms with van der Waals surface area (Å²) in [5.74, 6) is -0.679. The van der Waals surface area contributed by atoms with Crippen LogP contribution in [-0.2, 0) is 16.1 Å². The van der Waals surface area contributed by atoms with E-state index < -0.39 is 5.97 Å². The van der Waals surface area contributed by atoms with E-state index in [4.69, 9.17) is 10.3 Å². The van der Waals surface area contributed by atoms with E-state index in [0.717, 1.165) is 15.5 Å².